The highest BCUT2D eigenvalue weighted by Crippen LogP contribution is 2.46. The second-order valence-electron chi connectivity index (χ2n) is 28.1. The summed E-state index contributed by atoms with van der Waals surface area (Å²) in [6.07, 6.45) is 0. The van der Waals surface area contributed by atoms with Gasteiger partial charge in [0.2, 0.25) is 0 Å². The van der Waals surface area contributed by atoms with Crippen LogP contribution in [0.3, 0.4) is 0 Å². The molecule has 0 fully saturated rings. The number of nitrogens with zero attached hydrogens (tertiary/aromatic N) is 1. The monoisotopic (exact) mass is 1540 g/mol. The zero-order valence-corrected chi connectivity index (χ0v) is 62.4. The molecule has 0 spiro atoms. The van der Waals surface area contributed by atoms with Crippen molar-refractivity contribution in [2.75, 3.05) is 10.2 Å². The van der Waals surface area contributed by atoms with Gasteiger partial charge in [0.1, 0.15) is 67.0 Å². The Bertz CT molecular complexity index is 8530. The van der Waals surface area contributed by atoms with E-state index in [9.17, 15) is 11.0 Å². The third-order valence-corrected chi connectivity index (χ3v) is 21.5. The Morgan fingerprint density at radius 3 is 0.667 bits per heavy atom. The lowest BCUT2D eigenvalue weighted by atomic mass is 9.98. The fraction of sp³-hybridized carbons (Fsp3) is 0. The molecule has 24 rings (SSSR count). The molecule has 9 heteroatoms. The van der Waals surface area contributed by atoms with Crippen LogP contribution in [-0.4, -0.2) is 0 Å². The van der Waals surface area contributed by atoms with Crippen molar-refractivity contribution in [3.05, 3.63) is 405 Å². The maximum atomic E-state index is 9.69. The van der Waals surface area contributed by atoms with Gasteiger partial charge in [0.05, 0.1) is 21.9 Å². The average molecular weight is 1540 g/mol. The molecule has 0 saturated carbocycles. The normalized spacial score (nSPS) is 13.5. The maximum absolute atomic E-state index is 9.69. The van der Waals surface area contributed by atoms with Crippen molar-refractivity contribution in [1.82, 2.24) is 0 Å². The van der Waals surface area contributed by atoms with Gasteiger partial charge in [-0.2, -0.15) is 0 Å². The highest BCUT2D eigenvalue weighted by Gasteiger charge is 2.22. The third kappa shape index (κ3) is 12.3. The van der Waals surface area contributed by atoms with Crippen LogP contribution in [0, 0.1) is 0 Å². The van der Waals surface area contributed by atoms with E-state index in [1.807, 2.05) is 206 Å². The number of para-hydroxylation sites is 6. The molecule has 552 valence electrons. The Labute approximate surface area is 698 Å². The second-order valence-corrected chi connectivity index (χ2v) is 28.6. The lowest BCUT2D eigenvalue weighted by molar-refractivity contribution is 0.668. The van der Waals surface area contributed by atoms with Gasteiger partial charge in [-0.05, 0) is 212 Å². The SMILES string of the molecule is Clc1ccc(-c2cccc3oc4ccccc4c23)cc1.[2H]c1c([2H])c(-c2cccc3oc4ccccc4c23)c([2H])c([2H])c1Nc1c([2H])c([2H])c(-c2cccc3oc4ccccc4c23)c([2H])c1[2H].[2H]c1c([2H])c(N(c2ccc(-c3cccc4oc5ccccc5c34)cc2)c2c([2H])c([2H])c(-c3cccc4oc5ccccc5c34)c([2H])c2[2H])c([2H])c([2H])c1-c1cccc2oc3ccccc3c12. The number of hydrogen-bond donors (Lipinski definition) is 1. The molecule has 18 aromatic carbocycles. The molecule has 0 aliphatic rings. The van der Waals surface area contributed by atoms with E-state index in [0.717, 1.165) is 81.6 Å². The van der Waals surface area contributed by atoms with Gasteiger partial charge in [-0.1, -0.05) is 266 Å². The summed E-state index contributed by atoms with van der Waals surface area (Å²) < 4.78 is 185. The molecule has 0 bridgehead atoms. The first-order valence-corrected chi connectivity index (χ1v) is 38.3. The van der Waals surface area contributed by atoms with Gasteiger partial charge >= 0.3 is 0 Å². The molecular formula is C108H67ClN2O6. The summed E-state index contributed by atoms with van der Waals surface area (Å²) in [5, 5.41) is 13.4. The van der Waals surface area contributed by atoms with E-state index < -0.39 is 48.3 Å². The molecule has 24 aromatic rings. The first-order chi connectivity index (χ1) is 64.6. The van der Waals surface area contributed by atoms with Gasteiger partial charge in [0, 0.05) is 98.1 Å². The van der Waals surface area contributed by atoms with Gasteiger partial charge in [0.25, 0.3) is 0 Å². The quantitative estimate of drug-likeness (QED) is 0.137. The number of furan rings is 6. The molecule has 0 amide bonds. The molecule has 0 saturated heterocycles. The highest BCUT2D eigenvalue weighted by atomic mass is 35.5. The Kier molecular flexibility index (Phi) is 13.1. The third-order valence-electron chi connectivity index (χ3n) is 21.3. The Morgan fingerprint density at radius 1 is 0.197 bits per heavy atom. The van der Waals surface area contributed by atoms with Gasteiger partial charge < -0.3 is 36.7 Å². The van der Waals surface area contributed by atoms with Crippen molar-refractivity contribution >= 4 is 172 Å². The van der Waals surface area contributed by atoms with Crippen LogP contribution in [0.5, 0.6) is 0 Å². The van der Waals surface area contributed by atoms with Crippen LogP contribution in [0.2, 0.25) is 5.02 Å². The van der Waals surface area contributed by atoms with Gasteiger partial charge in [0.15, 0.2) is 0 Å². The predicted molar refractivity (Wildman–Crippen MR) is 485 cm³/mol. The molecular weight excluding hydrogens is 1460 g/mol. The summed E-state index contributed by atoms with van der Waals surface area (Å²) in [6.45, 7) is 0. The number of fused-ring (bicyclic) bond motifs is 18. The van der Waals surface area contributed by atoms with E-state index in [1.165, 1.54) is 10.5 Å². The standard InChI is InChI=1S/C54H33NO3.C36H23NO2.C18H11ClO/c1-4-16-46-43(10-1)52-40(13-7-19-49(52)56-46)34-22-28-37(29-23-34)55(38-30-24-35(25-31-38)41-14-8-20-50-53(41)44-11-2-5-17-47(44)57-50)39-32-26-36(27-33-39)42-15-9-21-51-54(42)45-12-3-6-18-48(45)58-51;1-3-11-31-29(7-1)35-27(9-5-13-33(35)38-31)23-15-19-25(20-16-23)37-26-21-17-24(18-22-26)28-10-6-14-34-36(28)30-8-2-4-12-32(30)39-34;19-13-10-8-12(9-11-13)14-5-3-7-17-18(14)15-4-1-2-6-16(15)20-17/h1-33H;1-22,37H;1-11H/i22D,23D,24D,25D,28D,29D,30D,31D;15D,16D,17D,18D,19D,20D,21D,22D;. The van der Waals surface area contributed by atoms with E-state index in [2.05, 4.69) is 17.4 Å². The minimum atomic E-state index is -0.440. The summed E-state index contributed by atoms with van der Waals surface area (Å²) in [6, 6.07) is 87.6. The van der Waals surface area contributed by atoms with Crippen LogP contribution in [0.1, 0.15) is 21.9 Å². The minimum Gasteiger partial charge on any atom is -0.456 e. The fourth-order valence-corrected chi connectivity index (χ4v) is 16.1. The van der Waals surface area contributed by atoms with Crippen LogP contribution in [0.4, 0.5) is 28.4 Å². The predicted octanol–water partition coefficient (Wildman–Crippen LogP) is 32.3. The molecule has 0 radical (unpaired) electrons. The first-order valence-electron chi connectivity index (χ1n) is 45.9. The lowest BCUT2D eigenvalue weighted by Crippen LogP contribution is -2.09. The van der Waals surface area contributed by atoms with Crippen molar-refractivity contribution in [3.63, 3.8) is 0 Å². The summed E-state index contributed by atoms with van der Waals surface area (Å²) in [5.74, 6) is 0. The van der Waals surface area contributed by atoms with Crippen LogP contribution in [0.15, 0.2) is 426 Å². The fourth-order valence-electron chi connectivity index (χ4n) is 16.0. The molecule has 6 heterocycles. The van der Waals surface area contributed by atoms with Crippen molar-refractivity contribution in [2.24, 2.45) is 0 Å². The van der Waals surface area contributed by atoms with E-state index in [0.29, 0.717) is 94.0 Å². The smallest absolute Gasteiger partial charge is 0.136 e. The van der Waals surface area contributed by atoms with Crippen molar-refractivity contribution in [2.45, 2.75) is 0 Å². The number of halogens is 1. The van der Waals surface area contributed by atoms with Crippen molar-refractivity contribution < 1.29 is 48.4 Å². The number of hydrogen-bond acceptors (Lipinski definition) is 8. The first kappa shape index (κ1) is 53.6. The molecule has 6 aromatic heterocycles. The van der Waals surface area contributed by atoms with E-state index in [1.54, 1.807) is 84.9 Å². The van der Waals surface area contributed by atoms with Crippen LogP contribution < -0.4 is 10.2 Å². The van der Waals surface area contributed by atoms with Crippen LogP contribution in [-0.2, 0) is 0 Å². The van der Waals surface area contributed by atoms with E-state index >= 15 is 0 Å². The lowest BCUT2D eigenvalue weighted by Gasteiger charge is -2.26. The van der Waals surface area contributed by atoms with Gasteiger partial charge in [-0.15, -0.1) is 0 Å². The molecule has 0 aliphatic carbocycles. The number of nitrogens with one attached hydrogen (secondary N) is 1. The van der Waals surface area contributed by atoms with E-state index in [4.69, 9.17) is 49.1 Å². The topological polar surface area (TPSA) is 94.1 Å². The minimum absolute atomic E-state index is 0.0528. The van der Waals surface area contributed by atoms with Crippen molar-refractivity contribution in [3.8, 4) is 66.8 Å². The Hall–Kier alpha value is -15.4. The molecule has 0 atom stereocenters. The number of rotatable bonds is 11. The highest BCUT2D eigenvalue weighted by molar-refractivity contribution is 6.30. The number of anilines is 5. The van der Waals surface area contributed by atoms with Gasteiger partial charge in [-0.25, -0.2) is 0 Å². The summed E-state index contributed by atoms with van der Waals surface area (Å²) in [4.78, 5) is 1.33. The number of benzene rings is 18. The summed E-state index contributed by atoms with van der Waals surface area (Å²) in [7, 11) is 0. The second kappa shape index (κ2) is 28.7. The zero-order valence-electron chi connectivity index (χ0n) is 77.6. The molecule has 1 N–H and O–H groups in total. The average Bonchev–Trinajstić information content (AvgIpc) is 1.43. The Morgan fingerprint density at radius 2 is 0.410 bits per heavy atom. The molecule has 117 heavy (non-hydrogen) atoms. The van der Waals surface area contributed by atoms with Crippen LogP contribution >= 0.6 is 11.6 Å². The van der Waals surface area contributed by atoms with Gasteiger partial charge in [-0.3, -0.25) is 0 Å². The summed E-state index contributed by atoms with van der Waals surface area (Å²) in [5.41, 5.74) is 13.3. The maximum Gasteiger partial charge on any atom is 0.136 e. The van der Waals surface area contributed by atoms with Crippen LogP contribution in [0.25, 0.3) is 198 Å². The largest absolute Gasteiger partial charge is 0.456 e. The molecule has 0 aliphatic heterocycles. The molecule has 8 nitrogen and oxygen atoms in total. The Balaban J connectivity index is 0.000000133. The molecule has 0 unspecified atom stereocenters. The van der Waals surface area contributed by atoms with Crippen molar-refractivity contribution in [1.29, 1.82) is 0 Å². The van der Waals surface area contributed by atoms with E-state index in [-0.39, 0.29) is 99.0 Å². The summed E-state index contributed by atoms with van der Waals surface area (Å²) >= 11 is 5.97. The zero-order chi connectivity index (χ0) is 91.4.